The van der Waals surface area contributed by atoms with Crippen LogP contribution < -0.4 is 4.31 Å². The normalized spacial score (nSPS) is 16.3. The second-order valence-corrected chi connectivity index (χ2v) is 7.82. The van der Waals surface area contributed by atoms with Crippen molar-refractivity contribution < 1.29 is 4.39 Å². The molecule has 5 heteroatoms. The van der Waals surface area contributed by atoms with Gasteiger partial charge in [0.15, 0.2) is 0 Å². The molecule has 2 nitrogen and oxygen atoms in total. The average Bonchev–Trinajstić information content (AvgIpc) is 2.58. The molecule has 128 valence electrons. The lowest BCUT2D eigenvalue weighted by molar-refractivity contribution is 0.258. The third kappa shape index (κ3) is 4.24. The molecule has 0 aliphatic carbocycles. The van der Waals surface area contributed by atoms with Crippen molar-refractivity contribution in [1.29, 1.82) is 0 Å². The van der Waals surface area contributed by atoms with Gasteiger partial charge in [-0.25, -0.2) is 4.39 Å². The molecule has 0 spiro atoms. The Morgan fingerprint density at radius 1 is 1.12 bits per heavy atom. The van der Waals surface area contributed by atoms with Crippen LogP contribution in [0.4, 0.5) is 10.1 Å². The zero-order valence-corrected chi connectivity index (χ0v) is 15.6. The number of hydrogen-bond acceptors (Lipinski definition) is 3. The zero-order valence-electron chi connectivity index (χ0n) is 14.0. The van der Waals surface area contributed by atoms with E-state index in [1.54, 1.807) is 18.0 Å². The van der Waals surface area contributed by atoms with Crippen LogP contribution in [-0.4, -0.2) is 31.1 Å². The van der Waals surface area contributed by atoms with Crippen LogP contribution >= 0.6 is 23.5 Å². The van der Waals surface area contributed by atoms with E-state index in [0.717, 1.165) is 47.1 Å². The molecule has 1 saturated heterocycles. The number of likely N-dealkylation sites (tertiary alicyclic amines) is 1. The van der Waals surface area contributed by atoms with Gasteiger partial charge in [0.25, 0.3) is 0 Å². The summed E-state index contributed by atoms with van der Waals surface area (Å²) in [6.45, 7) is 4.17. The SMILES string of the molecule is Cc1ccc(F)cc1N(Sc1ccc(Cl)cc1)C1CCN(C)CC1. The van der Waals surface area contributed by atoms with Gasteiger partial charge in [0.1, 0.15) is 5.82 Å². The van der Waals surface area contributed by atoms with Crippen LogP contribution in [0.1, 0.15) is 18.4 Å². The minimum absolute atomic E-state index is 0.190. The van der Waals surface area contributed by atoms with Crippen molar-refractivity contribution in [2.24, 2.45) is 0 Å². The molecule has 0 bridgehead atoms. The van der Waals surface area contributed by atoms with Gasteiger partial charge in [0.2, 0.25) is 0 Å². The fraction of sp³-hybridized carbons (Fsp3) is 0.368. The second kappa shape index (κ2) is 7.77. The quantitative estimate of drug-likeness (QED) is 0.671. The summed E-state index contributed by atoms with van der Waals surface area (Å²) in [6, 6.07) is 13.3. The summed E-state index contributed by atoms with van der Waals surface area (Å²) in [5.41, 5.74) is 2.06. The van der Waals surface area contributed by atoms with Crippen LogP contribution in [0.15, 0.2) is 47.4 Å². The monoisotopic (exact) mass is 364 g/mol. The molecule has 0 aromatic heterocycles. The fourth-order valence-corrected chi connectivity index (χ4v) is 4.24. The van der Waals surface area contributed by atoms with Gasteiger partial charge in [-0.2, -0.15) is 0 Å². The van der Waals surface area contributed by atoms with Gasteiger partial charge < -0.3 is 9.21 Å². The predicted octanol–water partition coefficient (Wildman–Crippen LogP) is 5.40. The molecular weight excluding hydrogens is 343 g/mol. The van der Waals surface area contributed by atoms with E-state index in [2.05, 4.69) is 16.3 Å². The maximum Gasteiger partial charge on any atom is 0.125 e. The molecule has 1 aliphatic rings. The Bertz CT molecular complexity index is 684. The largest absolute Gasteiger partial charge is 0.309 e. The minimum Gasteiger partial charge on any atom is -0.309 e. The number of piperidine rings is 1. The van der Waals surface area contributed by atoms with Crippen molar-refractivity contribution >= 4 is 29.2 Å². The number of halogens is 2. The molecule has 0 N–H and O–H groups in total. The molecule has 2 aromatic rings. The molecule has 0 amide bonds. The second-order valence-electron chi connectivity index (χ2n) is 6.34. The number of rotatable bonds is 4. The zero-order chi connectivity index (χ0) is 17.1. The molecule has 3 rings (SSSR count). The first-order valence-corrected chi connectivity index (χ1v) is 9.35. The van der Waals surface area contributed by atoms with Crippen molar-refractivity contribution in [3.05, 3.63) is 58.9 Å². The van der Waals surface area contributed by atoms with Gasteiger partial charge in [-0.3, -0.25) is 0 Å². The van der Waals surface area contributed by atoms with Gasteiger partial charge >= 0.3 is 0 Å². The van der Waals surface area contributed by atoms with Gasteiger partial charge in [-0.1, -0.05) is 17.7 Å². The predicted molar refractivity (Wildman–Crippen MR) is 101 cm³/mol. The van der Waals surface area contributed by atoms with E-state index >= 15 is 0 Å². The van der Waals surface area contributed by atoms with E-state index in [1.807, 2.05) is 37.3 Å². The van der Waals surface area contributed by atoms with Gasteiger partial charge in [-0.15, -0.1) is 0 Å². The van der Waals surface area contributed by atoms with Crippen LogP contribution in [-0.2, 0) is 0 Å². The summed E-state index contributed by atoms with van der Waals surface area (Å²) < 4.78 is 16.2. The van der Waals surface area contributed by atoms with Crippen LogP contribution in [0.2, 0.25) is 5.02 Å². The smallest absolute Gasteiger partial charge is 0.125 e. The molecule has 24 heavy (non-hydrogen) atoms. The van der Waals surface area contributed by atoms with Crippen molar-refractivity contribution in [3.63, 3.8) is 0 Å². The summed E-state index contributed by atoms with van der Waals surface area (Å²) in [6.07, 6.45) is 2.15. The van der Waals surface area contributed by atoms with Crippen LogP contribution in [0.25, 0.3) is 0 Å². The van der Waals surface area contributed by atoms with E-state index in [9.17, 15) is 4.39 Å². The van der Waals surface area contributed by atoms with Crippen LogP contribution in [0.3, 0.4) is 0 Å². The van der Waals surface area contributed by atoms with Crippen LogP contribution in [0, 0.1) is 12.7 Å². The van der Waals surface area contributed by atoms with Gasteiger partial charge in [0.05, 0.1) is 5.69 Å². The molecule has 0 radical (unpaired) electrons. The van der Waals surface area contributed by atoms with Crippen molar-refractivity contribution in [1.82, 2.24) is 4.90 Å². The lowest BCUT2D eigenvalue weighted by atomic mass is 10.0. The topological polar surface area (TPSA) is 6.48 Å². The van der Waals surface area contributed by atoms with E-state index in [0.29, 0.717) is 6.04 Å². The lowest BCUT2D eigenvalue weighted by Gasteiger charge is -2.38. The van der Waals surface area contributed by atoms with E-state index in [-0.39, 0.29) is 5.82 Å². The first-order valence-electron chi connectivity index (χ1n) is 8.20. The number of benzene rings is 2. The molecule has 2 aromatic carbocycles. The summed E-state index contributed by atoms with van der Waals surface area (Å²) in [5.74, 6) is -0.190. The first-order chi connectivity index (χ1) is 11.5. The first kappa shape index (κ1) is 17.6. The lowest BCUT2D eigenvalue weighted by Crippen LogP contribution is -2.41. The van der Waals surface area contributed by atoms with E-state index in [1.165, 1.54) is 6.07 Å². The number of anilines is 1. The van der Waals surface area contributed by atoms with Crippen molar-refractivity contribution in [3.8, 4) is 0 Å². The molecule has 0 saturated carbocycles. The fourth-order valence-electron chi connectivity index (χ4n) is 2.98. The third-order valence-electron chi connectivity index (χ3n) is 4.45. The summed E-state index contributed by atoms with van der Waals surface area (Å²) in [5, 5.41) is 0.729. The maximum absolute atomic E-state index is 13.9. The third-order valence-corrected chi connectivity index (χ3v) is 5.87. The Labute approximate surface area is 152 Å². The number of nitrogens with zero attached hydrogens (tertiary/aromatic N) is 2. The summed E-state index contributed by atoms with van der Waals surface area (Å²) in [4.78, 5) is 3.46. The highest BCUT2D eigenvalue weighted by Crippen LogP contribution is 2.37. The summed E-state index contributed by atoms with van der Waals surface area (Å²) >= 11 is 7.67. The standard InChI is InChI=1S/C19H22ClFN2S/c1-14-3-6-16(21)13-19(14)23(17-9-11-22(2)12-10-17)24-18-7-4-15(20)5-8-18/h3-8,13,17H,9-12H2,1-2H3. The Balaban J connectivity index is 1.90. The Kier molecular flexibility index (Phi) is 5.69. The summed E-state index contributed by atoms with van der Waals surface area (Å²) in [7, 11) is 2.15. The highest BCUT2D eigenvalue weighted by atomic mass is 35.5. The Hall–Kier alpha value is -1.23. The van der Waals surface area contributed by atoms with Gasteiger partial charge in [-0.05, 0) is 93.8 Å². The van der Waals surface area contributed by atoms with Gasteiger partial charge in [0, 0.05) is 16.0 Å². The van der Waals surface area contributed by atoms with Crippen molar-refractivity contribution in [2.45, 2.75) is 30.7 Å². The molecule has 1 fully saturated rings. The Morgan fingerprint density at radius 3 is 2.46 bits per heavy atom. The molecule has 1 aliphatic heterocycles. The molecular formula is C19H22ClFN2S. The van der Waals surface area contributed by atoms with E-state index < -0.39 is 0 Å². The minimum atomic E-state index is -0.190. The molecule has 0 unspecified atom stereocenters. The van der Waals surface area contributed by atoms with Crippen molar-refractivity contribution in [2.75, 3.05) is 24.4 Å². The number of aryl methyl sites for hydroxylation is 1. The Morgan fingerprint density at radius 2 is 1.79 bits per heavy atom. The van der Waals surface area contributed by atoms with E-state index in [4.69, 9.17) is 11.6 Å². The average molecular weight is 365 g/mol. The maximum atomic E-state index is 13.9. The van der Waals surface area contributed by atoms with Crippen LogP contribution in [0.5, 0.6) is 0 Å². The number of hydrogen-bond donors (Lipinski definition) is 0. The molecule has 1 heterocycles. The highest BCUT2D eigenvalue weighted by Gasteiger charge is 2.26. The molecule has 0 atom stereocenters. The highest BCUT2D eigenvalue weighted by molar-refractivity contribution is 8.00.